The number of nitrogens with one attached hydrogen (secondary N) is 1. The van der Waals surface area contributed by atoms with Crippen LogP contribution in [0.25, 0.3) is 0 Å². The molecule has 126 valence electrons. The molecule has 1 heterocycles. The Labute approximate surface area is 136 Å². The summed E-state index contributed by atoms with van der Waals surface area (Å²) >= 11 is 0. The first-order valence-electron chi connectivity index (χ1n) is 7.77. The molecule has 6 nitrogen and oxygen atoms in total. The van der Waals surface area contributed by atoms with Crippen molar-refractivity contribution >= 4 is 11.9 Å². The van der Waals surface area contributed by atoms with Gasteiger partial charge in [-0.15, -0.1) is 0 Å². The Balaban J connectivity index is 2.22. The summed E-state index contributed by atoms with van der Waals surface area (Å²) in [6.07, 6.45) is -0.0424. The van der Waals surface area contributed by atoms with Crippen molar-refractivity contribution in [1.82, 2.24) is 10.2 Å². The first-order chi connectivity index (χ1) is 11.0. The molecule has 23 heavy (non-hydrogen) atoms. The predicted molar refractivity (Wildman–Crippen MR) is 85.5 cm³/mol. The van der Waals surface area contributed by atoms with Gasteiger partial charge in [-0.25, -0.2) is 4.79 Å². The average Bonchev–Trinajstić information content (AvgIpc) is 2.51. The van der Waals surface area contributed by atoms with Crippen LogP contribution in [-0.4, -0.2) is 42.9 Å². The van der Waals surface area contributed by atoms with Crippen LogP contribution in [0.2, 0.25) is 0 Å². The summed E-state index contributed by atoms with van der Waals surface area (Å²) < 4.78 is 10.8. The number of benzene rings is 1. The Bertz CT molecular complexity index is 533. The van der Waals surface area contributed by atoms with E-state index in [1.54, 1.807) is 12.0 Å². The smallest absolute Gasteiger partial charge is 0.324 e. The van der Waals surface area contributed by atoms with Crippen molar-refractivity contribution in [2.45, 2.75) is 39.0 Å². The first-order valence-corrected chi connectivity index (χ1v) is 7.77. The molecule has 1 fully saturated rings. The molecule has 1 aliphatic heterocycles. The molecular formula is C17H24N2O4. The van der Waals surface area contributed by atoms with Gasteiger partial charge in [0, 0.05) is 13.7 Å². The zero-order valence-electron chi connectivity index (χ0n) is 13.8. The Morgan fingerprint density at radius 2 is 1.96 bits per heavy atom. The van der Waals surface area contributed by atoms with E-state index in [2.05, 4.69) is 5.32 Å². The zero-order chi connectivity index (χ0) is 16.8. The van der Waals surface area contributed by atoms with Crippen molar-refractivity contribution in [3.05, 3.63) is 35.9 Å². The van der Waals surface area contributed by atoms with Gasteiger partial charge in [0.25, 0.3) is 0 Å². The second-order valence-corrected chi connectivity index (χ2v) is 6.02. The summed E-state index contributed by atoms with van der Waals surface area (Å²) in [7, 11) is 1.55. The summed E-state index contributed by atoms with van der Waals surface area (Å²) in [5.74, 6) is -0.122. The number of ether oxygens (including phenoxy) is 2. The molecule has 0 bridgehead atoms. The van der Waals surface area contributed by atoms with Gasteiger partial charge in [0.05, 0.1) is 18.6 Å². The quantitative estimate of drug-likeness (QED) is 0.782. The van der Waals surface area contributed by atoms with E-state index < -0.39 is 0 Å². The number of carbonyl (C=O) groups excluding carboxylic acids is 2. The lowest BCUT2D eigenvalue weighted by Gasteiger charge is -2.40. The fourth-order valence-corrected chi connectivity index (χ4v) is 2.85. The van der Waals surface area contributed by atoms with Crippen LogP contribution < -0.4 is 5.32 Å². The minimum absolute atomic E-state index is 0.133. The highest BCUT2D eigenvalue weighted by Crippen LogP contribution is 2.24. The highest BCUT2D eigenvalue weighted by molar-refractivity contribution is 5.97. The third kappa shape index (κ3) is 4.53. The standard InChI is InChI=1S/C17H24N2O4/c1-12(2)16(23-11-22-3)14-9-15(20)18-17(21)19(14)10-13-7-5-4-6-8-13/h4-8,12,14,16H,9-11H2,1-3H3,(H,18,20,21). The number of imide groups is 1. The van der Waals surface area contributed by atoms with Crippen LogP contribution in [0.5, 0.6) is 0 Å². The SMILES string of the molecule is COCOC(C(C)C)C1CC(=O)NC(=O)N1Cc1ccccc1. The molecule has 0 radical (unpaired) electrons. The molecule has 1 N–H and O–H groups in total. The van der Waals surface area contributed by atoms with Crippen LogP contribution in [0.3, 0.4) is 0 Å². The lowest BCUT2D eigenvalue weighted by atomic mass is 9.93. The third-order valence-electron chi connectivity index (χ3n) is 3.91. The highest BCUT2D eigenvalue weighted by atomic mass is 16.7. The number of nitrogens with zero attached hydrogens (tertiary/aromatic N) is 1. The zero-order valence-corrected chi connectivity index (χ0v) is 13.8. The normalized spacial score (nSPS) is 19.8. The Morgan fingerprint density at radius 3 is 2.57 bits per heavy atom. The lowest BCUT2D eigenvalue weighted by Crippen LogP contribution is -2.59. The fraction of sp³-hybridized carbons (Fsp3) is 0.529. The first kappa shape index (κ1) is 17.4. The van der Waals surface area contributed by atoms with Crippen molar-refractivity contribution in [3.63, 3.8) is 0 Å². The maximum atomic E-state index is 12.3. The molecule has 6 heteroatoms. The number of hydrogen-bond donors (Lipinski definition) is 1. The second kappa shape index (κ2) is 8.08. The van der Waals surface area contributed by atoms with E-state index in [9.17, 15) is 9.59 Å². The second-order valence-electron chi connectivity index (χ2n) is 6.02. The topological polar surface area (TPSA) is 67.9 Å². The summed E-state index contributed by atoms with van der Waals surface area (Å²) in [5, 5.41) is 2.39. The van der Waals surface area contributed by atoms with E-state index in [1.165, 1.54) is 0 Å². The molecule has 1 saturated heterocycles. The Hall–Kier alpha value is -1.92. The number of amides is 3. The van der Waals surface area contributed by atoms with Gasteiger partial charge >= 0.3 is 6.03 Å². The van der Waals surface area contributed by atoms with Crippen molar-refractivity contribution in [1.29, 1.82) is 0 Å². The molecule has 1 aromatic rings. The van der Waals surface area contributed by atoms with Crippen LogP contribution in [0.4, 0.5) is 4.79 Å². The molecule has 0 saturated carbocycles. The number of urea groups is 1. The molecule has 3 amide bonds. The summed E-state index contributed by atoms with van der Waals surface area (Å²) in [6, 6.07) is 9.02. The number of rotatable bonds is 7. The van der Waals surface area contributed by atoms with Gasteiger partial charge in [-0.05, 0) is 11.5 Å². The minimum atomic E-state index is -0.373. The molecule has 2 atom stereocenters. The van der Waals surface area contributed by atoms with E-state index >= 15 is 0 Å². The molecule has 1 aromatic carbocycles. The lowest BCUT2D eigenvalue weighted by molar-refractivity contribution is -0.134. The maximum absolute atomic E-state index is 12.3. The third-order valence-corrected chi connectivity index (χ3v) is 3.91. The summed E-state index contributed by atoms with van der Waals surface area (Å²) in [6.45, 7) is 4.59. The number of methoxy groups -OCH3 is 1. The van der Waals surface area contributed by atoms with Gasteiger partial charge in [0.2, 0.25) is 5.91 Å². The van der Waals surface area contributed by atoms with Gasteiger partial charge in [0.15, 0.2) is 0 Å². The molecule has 0 spiro atoms. The Kier molecular flexibility index (Phi) is 6.12. The molecule has 0 aromatic heterocycles. The van der Waals surface area contributed by atoms with Gasteiger partial charge in [-0.1, -0.05) is 44.2 Å². The van der Waals surface area contributed by atoms with E-state index in [0.717, 1.165) is 5.56 Å². The summed E-state index contributed by atoms with van der Waals surface area (Å²) in [4.78, 5) is 25.8. The monoisotopic (exact) mass is 320 g/mol. The molecule has 2 unspecified atom stereocenters. The van der Waals surface area contributed by atoms with Crippen molar-refractivity contribution in [3.8, 4) is 0 Å². The van der Waals surface area contributed by atoms with E-state index in [1.807, 2.05) is 44.2 Å². The highest BCUT2D eigenvalue weighted by Gasteiger charge is 2.39. The van der Waals surface area contributed by atoms with E-state index in [4.69, 9.17) is 9.47 Å². The summed E-state index contributed by atoms with van der Waals surface area (Å²) in [5.41, 5.74) is 1.01. The largest absolute Gasteiger partial charge is 0.359 e. The molecular weight excluding hydrogens is 296 g/mol. The fourth-order valence-electron chi connectivity index (χ4n) is 2.85. The van der Waals surface area contributed by atoms with Crippen LogP contribution in [-0.2, 0) is 20.8 Å². The van der Waals surface area contributed by atoms with Crippen molar-refractivity contribution < 1.29 is 19.1 Å². The van der Waals surface area contributed by atoms with E-state index in [-0.39, 0.29) is 43.2 Å². The van der Waals surface area contributed by atoms with Crippen molar-refractivity contribution in [2.24, 2.45) is 5.92 Å². The molecule has 1 aliphatic rings. The predicted octanol–water partition coefficient (Wildman–Crippen LogP) is 2.14. The van der Waals surface area contributed by atoms with Gasteiger partial charge in [-0.2, -0.15) is 0 Å². The average molecular weight is 320 g/mol. The molecule has 2 rings (SSSR count). The number of hydrogen-bond acceptors (Lipinski definition) is 4. The van der Waals surface area contributed by atoms with E-state index in [0.29, 0.717) is 6.54 Å². The van der Waals surface area contributed by atoms with Gasteiger partial charge < -0.3 is 14.4 Å². The van der Waals surface area contributed by atoms with Gasteiger partial charge in [-0.3, -0.25) is 10.1 Å². The maximum Gasteiger partial charge on any atom is 0.324 e. The molecule has 0 aliphatic carbocycles. The van der Waals surface area contributed by atoms with Crippen LogP contribution in [0.15, 0.2) is 30.3 Å². The van der Waals surface area contributed by atoms with Crippen LogP contribution >= 0.6 is 0 Å². The van der Waals surface area contributed by atoms with Crippen molar-refractivity contribution in [2.75, 3.05) is 13.9 Å². The van der Waals surface area contributed by atoms with Crippen LogP contribution in [0.1, 0.15) is 25.8 Å². The minimum Gasteiger partial charge on any atom is -0.359 e. The Morgan fingerprint density at radius 1 is 1.26 bits per heavy atom. The number of carbonyl (C=O) groups is 2. The van der Waals surface area contributed by atoms with Crippen LogP contribution in [0, 0.1) is 5.92 Å². The van der Waals surface area contributed by atoms with Gasteiger partial charge in [0.1, 0.15) is 6.79 Å².